The van der Waals surface area contributed by atoms with Crippen molar-refractivity contribution in [1.82, 2.24) is 15.5 Å². The minimum Gasteiger partial charge on any atom is -0.468 e. The summed E-state index contributed by atoms with van der Waals surface area (Å²) in [6, 6.07) is 3.94. The summed E-state index contributed by atoms with van der Waals surface area (Å²) in [6.07, 6.45) is -1.60. The molecule has 4 amide bonds. The van der Waals surface area contributed by atoms with Gasteiger partial charge in [-0.2, -0.15) is 5.26 Å². The first kappa shape index (κ1) is 29.9. The maximum Gasteiger partial charge on any atom is 0.408 e. The number of carbonyl (C=O) groups excluding carboxylic acids is 5. The molecule has 2 atom stereocenters. The summed E-state index contributed by atoms with van der Waals surface area (Å²) in [5, 5.41) is 14.2. The number of nitrogens with two attached hydrogens (primary N) is 1. The van der Waals surface area contributed by atoms with Gasteiger partial charge in [-0.05, 0) is 51.3 Å². The molecule has 0 bridgehead atoms. The highest BCUT2D eigenvalue weighted by Crippen LogP contribution is 2.25. The van der Waals surface area contributed by atoms with Crippen molar-refractivity contribution in [3.05, 3.63) is 34.9 Å². The molecule has 196 valence electrons. The Morgan fingerprint density at radius 3 is 2.28 bits per heavy atom. The number of nitrogens with one attached hydrogen (secondary N) is 2. The number of aryl methyl sites for hydroxylation is 2. The molecule has 12 heteroatoms. The number of rotatable bonds is 10. The van der Waals surface area contributed by atoms with Crippen LogP contribution in [0.5, 0.6) is 0 Å². The number of methoxy groups -OCH3 is 1. The van der Waals surface area contributed by atoms with Crippen LogP contribution in [0.15, 0.2) is 18.2 Å². The van der Waals surface area contributed by atoms with Gasteiger partial charge >= 0.3 is 12.1 Å². The van der Waals surface area contributed by atoms with Gasteiger partial charge in [0.15, 0.2) is 0 Å². The predicted molar refractivity (Wildman–Crippen MR) is 128 cm³/mol. The first-order chi connectivity index (χ1) is 16.7. The van der Waals surface area contributed by atoms with Crippen LogP contribution >= 0.6 is 0 Å². The lowest BCUT2D eigenvalue weighted by Crippen LogP contribution is -2.54. The maximum absolute atomic E-state index is 13.6. The summed E-state index contributed by atoms with van der Waals surface area (Å²) in [5.74, 6) is -3.32. The second kappa shape index (κ2) is 13.1. The molecule has 4 N–H and O–H groups in total. The van der Waals surface area contributed by atoms with Crippen molar-refractivity contribution < 1.29 is 33.4 Å². The van der Waals surface area contributed by atoms with Crippen LogP contribution in [0.25, 0.3) is 0 Å². The highest BCUT2D eigenvalue weighted by Gasteiger charge is 2.37. The third-order valence-electron chi connectivity index (χ3n) is 4.96. The average molecular weight is 504 g/mol. The van der Waals surface area contributed by atoms with Gasteiger partial charge < -0.3 is 30.7 Å². The molecule has 0 fully saturated rings. The number of esters is 1. The van der Waals surface area contributed by atoms with Crippen LogP contribution in [0.2, 0.25) is 0 Å². The molecule has 0 saturated heterocycles. The number of nitrogens with zero attached hydrogens (tertiary/aromatic N) is 2. The summed E-state index contributed by atoms with van der Waals surface area (Å²) in [6.45, 7) is 7.44. The van der Waals surface area contributed by atoms with Crippen molar-refractivity contribution in [2.75, 3.05) is 20.2 Å². The molecule has 12 nitrogen and oxygen atoms in total. The van der Waals surface area contributed by atoms with E-state index in [0.717, 1.165) is 23.1 Å². The average Bonchev–Trinajstić information content (AvgIpc) is 2.76. The number of primary amides is 1. The van der Waals surface area contributed by atoms with Crippen molar-refractivity contribution >= 4 is 29.8 Å². The molecule has 2 unspecified atom stereocenters. The van der Waals surface area contributed by atoms with E-state index in [-0.39, 0.29) is 0 Å². The van der Waals surface area contributed by atoms with Crippen molar-refractivity contribution in [2.45, 2.75) is 58.7 Å². The Morgan fingerprint density at radius 1 is 1.14 bits per heavy atom. The van der Waals surface area contributed by atoms with Crippen LogP contribution < -0.4 is 16.4 Å². The lowest BCUT2D eigenvalue weighted by Gasteiger charge is -2.32. The van der Waals surface area contributed by atoms with E-state index in [1.165, 1.54) is 0 Å². The van der Waals surface area contributed by atoms with Crippen molar-refractivity contribution in [3.63, 3.8) is 0 Å². The Balaban J connectivity index is 3.49. The zero-order valence-electron chi connectivity index (χ0n) is 21.3. The predicted octanol–water partition coefficient (Wildman–Crippen LogP) is 0.755. The van der Waals surface area contributed by atoms with Crippen LogP contribution in [0.4, 0.5) is 4.79 Å². The van der Waals surface area contributed by atoms with Crippen LogP contribution in [-0.4, -0.2) is 66.5 Å². The molecule has 0 aliphatic rings. The van der Waals surface area contributed by atoms with Gasteiger partial charge in [0.2, 0.25) is 17.7 Å². The summed E-state index contributed by atoms with van der Waals surface area (Å²) < 4.78 is 9.71. The van der Waals surface area contributed by atoms with Crippen molar-refractivity contribution in [1.29, 1.82) is 5.26 Å². The van der Waals surface area contributed by atoms with Crippen LogP contribution in [-0.2, 0) is 28.7 Å². The quantitative estimate of drug-likeness (QED) is 0.309. The SMILES string of the molecule is COC(=O)CNC(=O)C(c1ccc(C)c(C)c1)N(CC#N)C(=O)C(CC(N)=O)NC(=O)OC(C)(C)C. The van der Waals surface area contributed by atoms with E-state index in [0.29, 0.717) is 5.56 Å². The van der Waals surface area contributed by atoms with Gasteiger partial charge in [-0.15, -0.1) is 0 Å². The van der Waals surface area contributed by atoms with E-state index < -0.39 is 67.0 Å². The lowest BCUT2D eigenvalue weighted by atomic mass is 9.98. The monoisotopic (exact) mass is 503 g/mol. The van der Waals surface area contributed by atoms with Crippen LogP contribution in [0.1, 0.15) is 49.9 Å². The Kier molecular flexibility index (Phi) is 10.9. The Hall–Kier alpha value is -4.14. The fraction of sp³-hybridized carbons (Fsp3) is 0.500. The van der Waals surface area contributed by atoms with E-state index >= 15 is 0 Å². The van der Waals surface area contributed by atoms with Gasteiger partial charge in [0, 0.05) is 0 Å². The number of benzene rings is 1. The third-order valence-corrected chi connectivity index (χ3v) is 4.96. The summed E-state index contributed by atoms with van der Waals surface area (Å²) in [7, 11) is 1.15. The smallest absolute Gasteiger partial charge is 0.408 e. The van der Waals surface area contributed by atoms with E-state index in [2.05, 4.69) is 15.4 Å². The standard InChI is InChI=1S/C24H33N5O7/c1-14-7-8-16(11-15(14)2)20(21(32)27-13-19(31)35-6)29(10-9-25)22(33)17(12-18(26)30)28-23(34)36-24(3,4)5/h7-8,11,17,20H,10,12-13H2,1-6H3,(H2,26,30)(H,27,32)(H,28,34). The van der Waals surface area contributed by atoms with Crippen molar-refractivity contribution in [3.8, 4) is 6.07 Å². The molecule has 0 heterocycles. The second-order valence-corrected chi connectivity index (χ2v) is 9.03. The van der Waals surface area contributed by atoms with E-state index in [9.17, 15) is 29.2 Å². The number of amides is 4. The molecule has 1 rings (SSSR count). The summed E-state index contributed by atoms with van der Waals surface area (Å²) in [4.78, 5) is 63.3. The van der Waals surface area contributed by atoms with Crippen LogP contribution in [0, 0.1) is 25.2 Å². The molecule has 0 radical (unpaired) electrons. The number of alkyl carbamates (subject to hydrolysis) is 1. The van der Waals surface area contributed by atoms with Gasteiger partial charge in [-0.25, -0.2) is 4.79 Å². The minimum atomic E-state index is -1.52. The van der Waals surface area contributed by atoms with E-state index in [1.54, 1.807) is 45.9 Å². The Morgan fingerprint density at radius 2 is 1.78 bits per heavy atom. The molecule has 0 aliphatic carbocycles. The largest absolute Gasteiger partial charge is 0.468 e. The van der Waals surface area contributed by atoms with E-state index in [4.69, 9.17) is 10.5 Å². The van der Waals surface area contributed by atoms with Gasteiger partial charge in [0.05, 0.1) is 19.6 Å². The fourth-order valence-electron chi connectivity index (χ4n) is 3.16. The zero-order valence-corrected chi connectivity index (χ0v) is 21.3. The van der Waals surface area contributed by atoms with E-state index in [1.807, 2.05) is 13.0 Å². The molecule has 0 aromatic heterocycles. The van der Waals surface area contributed by atoms with Crippen molar-refractivity contribution in [2.24, 2.45) is 5.73 Å². The number of ether oxygens (including phenoxy) is 2. The highest BCUT2D eigenvalue weighted by molar-refractivity contribution is 5.95. The third kappa shape index (κ3) is 9.25. The highest BCUT2D eigenvalue weighted by atomic mass is 16.6. The van der Waals surface area contributed by atoms with Gasteiger partial charge in [-0.3, -0.25) is 19.2 Å². The van der Waals surface area contributed by atoms with Gasteiger partial charge in [0.25, 0.3) is 0 Å². The first-order valence-electron chi connectivity index (χ1n) is 11.1. The molecule has 0 spiro atoms. The molecule has 1 aromatic rings. The molecule has 36 heavy (non-hydrogen) atoms. The Bertz CT molecular complexity index is 1040. The molecule has 1 aromatic carbocycles. The van der Waals surface area contributed by atoms with Gasteiger partial charge in [0.1, 0.15) is 30.8 Å². The minimum absolute atomic E-state index is 0.346. The number of nitriles is 1. The number of hydrogen-bond donors (Lipinski definition) is 3. The summed E-state index contributed by atoms with van der Waals surface area (Å²) in [5.41, 5.74) is 6.47. The second-order valence-electron chi connectivity index (χ2n) is 9.03. The van der Waals surface area contributed by atoms with Crippen LogP contribution in [0.3, 0.4) is 0 Å². The number of carbonyl (C=O) groups is 5. The molecule has 0 saturated carbocycles. The zero-order chi connectivity index (χ0) is 27.6. The topological polar surface area (TPSA) is 181 Å². The summed E-state index contributed by atoms with van der Waals surface area (Å²) >= 11 is 0. The molecular formula is C24H33N5O7. The first-order valence-corrected chi connectivity index (χ1v) is 11.1. The number of hydrogen-bond acceptors (Lipinski definition) is 8. The fourth-order valence-corrected chi connectivity index (χ4v) is 3.16. The lowest BCUT2D eigenvalue weighted by molar-refractivity contribution is -0.144. The van der Waals surface area contributed by atoms with Gasteiger partial charge in [-0.1, -0.05) is 18.2 Å². The Labute approximate surface area is 210 Å². The normalized spacial score (nSPS) is 12.4. The molecular weight excluding hydrogens is 470 g/mol. The maximum atomic E-state index is 13.6. The molecule has 0 aliphatic heterocycles.